The Bertz CT molecular complexity index is 630. The molecule has 2 aliphatic heterocycles. The van der Waals surface area contributed by atoms with Crippen LogP contribution in [0.4, 0.5) is 0 Å². The van der Waals surface area contributed by atoms with Crippen molar-refractivity contribution in [2.45, 2.75) is 38.6 Å². The highest BCUT2D eigenvalue weighted by Gasteiger charge is 2.41. The normalized spacial score (nSPS) is 25.7. The zero-order valence-electron chi connectivity index (χ0n) is 15.7. The van der Waals surface area contributed by atoms with E-state index in [0.29, 0.717) is 18.3 Å². The van der Waals surface area contributed by atoms with Crippen LogP contribution in [0.25, 0.3) is 0 Å². The van der Waals surface area contributed by atoms with E-state index >= 15 is 0 Å². The summed E-state index contributed by atoms with van der Waals surface area (Å²) >= 11 is 0. The summed E-state index contributed by atoms with van der Waals surface area (Å²) in [6, 6.07) is 4.28. The van der Waals surface area contributed by atoms with Crippen LogP contribution >= 0.6 is 0 Å². The maximum atomic E-state index is 11.9. The predicted molar refractivity (Wildman–Crippen MR) is 96.1 cm³/mol. The monoisotopic (exact) mass is 347 g/mol. The zero-order chi connectivity index (χ0) is 18.0. The van der Waals surface area contributed by atoms with Crippen LogP contribution in [0.15, 0.2) is 12.1 Å². The third kappa shape index (κ3) is 3.34. The van der Waals surface area contributed by atoms with Crippen molar-refractivity contribution in [2.24, 2.45) is 11.8 Å². The summed E-state index contributed by atoms with van der Waals surface area (Å²) in [6.07, 6.45) is 3.53. The number of ether oxygens (including phenoxy) is 3. The molecule has 3 rings (SSSR count). The van der Waals surface area contributed by atoms with Gasteiger partial charge in [-0.05, 0) is 36.8 Å². The Balaban J connectivity index is 1.96. The molecule has 0 unspecified atom stereocenters. The van der Waals surface area contributed by atoms with E-state index in [9.17, 15) is 4.79 Å². The van der Waals surface area contributed by atoms with E-state index < -0.39 is 0 Å². The molecule has 0 bridgehead atoms. The summed E-state index contributed by atoms with van der Waals surface area (Å²) in [7, 11) is 4.93. The van der Waals surface area contributed by atoms with Gasteiger partial charge in [-0.15, -0.1) is 0 Å². The lowest BCUT2D eigenvalue weighted by molar-refractivity contribution is -0.143. The number of hydrogen-bond donors (Lipinski definition) is 0. The van der Waals surface area contributed by atoms with Crippen LogP contribution in [0, 0.1) is 11.8 Å². The van der Waals surface area contributed by atoms with Crippen LogP contribution in [0.3, 0.4) is 0 Å². The Morgan fingerprint density at radius 3 is 2.52 bits per heavy atom. The standard InChI is InChI=1S/C20H29NO4/c1-5-13-12-21-9-8-15-17(23-2)6-7-18(24-3)20(15)16(21)10-14(13)11-19(22)25-4/h6-7,13-14,16H,5,8-12H2,1-4H3/t13-,14+,16-/m0/s1. The smallest absolute Gasteiger partial charge is 0.305 e. The Kier molecular flexibility index (Phi) is 5.52. The first-order valence-corrected chi connectivity index (χ1v) is 9.17. The van der Waals surface area contributed by atoms with Crippen molar-refractivity contribution >= 4 is 5.97 Å². The molecule has 138 valence electrons. The van der Waals surface area contributed by atoms with Gasteiger partial charge in [0.15, 0.2) is 0 Å². The molecule has 0 spiro atoms. The summed E-state index contributed by atoms with van der Waals surface area (Å²) in [4.78, 5) is 14.5. The molecule has 5 heteroatoms. The largest absolute Gasteiger partial charge is 0.496 e. The lowest BCUT2D eigenvalue weighted by Gasteiger charge is -2.47. The Morgan fingerprint density at radius 2 is 1.88 bits per heavy atom. The fraction of sp³-hybridized carbons (Fsp3) is 0.650. The van der Waals surface area contributed by atoms with Crippen LogP contribution in [0.2, 0.25) is 0 Å². The molecule has 5 nitrogen and oxygen atoms in total. The van der Waals surface area contributed by atoms with Crippen LogP contribution in [-0.4, -0.2) is 45.3 Å². The van der Waals surface area contributed by atoms with Crippen molar-refractivity contribution in [1.29, 1.82) is 0 Å². The number of carbonyl (C=O) groups is 1. The first-order chi connectivity index (χ1) is 12.1. The molecule has 0 amide bonds. The molecule has 0 aromatic heterocycles. The average molecular weight is 347 g/mol. The van der Waals surface area contributed by atoms with Crippen LogP contribution in [0.5, 0.6) is 11.5 Å². The minimum absolute atomic E-state index is 0.106. The van der Waals surface area contributed by atoms with Crippen molar-refractivity contribution in [1.82, 2.24) is 4.90 Å². The van der Waals surface area contributed by atoms with Gasteiger partial charge in [-0.3, -0.25) is 9.69 Å². The molecular formula is C20H29NO4. The van der Waals surface area contributed by atoms with Gasteiger partial charge >= 0.3 is 5.97 Å². The third-order valence-corrected chi connectivity index (χ3v) is 5.98. The maximum absolute atomic E-state index is 11.9. The highest BCUT2D eigenvalue weighted by molar-refractivity contribution is 5.69. The second-order valence-electron chi connectivity index (χ2n) is 7.07. The summed E-state index contributed by atoms with van der Waals surface area (Å²) in [5.74, 6) is 2.65. The fourth-order valence-electron chi connectivity index (χ4n) is 4.63. The number of benzene rings is 1. The summed E-state index contributed by atoms with van der Waals surface area (Å²) in [5, 5.41) is 0. The van der Waals surface area contributed by atoms with Crippen LogP contribution in [-0.2, 0) is 16.0 Å². The number of piperidine rings is 1. The topological polar surface area (TPSA) is 48.0 Å². The number of fused-ring (bicyclic) bond motifs is 3. The van der Waals surface area contributed by atoms with Gasteiger partial charge < -0.3 is 14.2 Å². The van der Waals surface area contributed by atoms with E-state index in [2.05, 4.69) is 11.8 Å². The molecule has 1 fully saturated rings. The quantitative estimate of drug-likeness (QED) is 0.766. The summed E-state index contributed by atoms with van der Waals surface area (Å²) in [5.41, 5.74) is 2.51. The van der Waals surface area contributed by atoms with Crippen molar-refractivity contribution in [3.8, 4) is 11.5 Å². The van der Waals surface area contributed by atoms with Crippen molar-refractivity contribution in [3.63, 3.8) is 0 Å². The van der Waals surface area contributed by atoms with E-state index in [1.807, 2.05) is 12.1 Å². The maximum Gasteiger partial charge on any atom is 0.305 e. The molecule has 2 aliphatic rings. The molecule has 0 radical (unpaired) electrons. The molecule has 1 aromatic carbocycles. The highest BCUT2D eigenvalue weighted by atomic mass is 16.5. The van der Waals surface area contributed by atoms with Gasteiger partial charge in [-0.1, -0.05) is 13.3 Å². The summed E-state index contributed by atoms with van der Waals surface area (Å²) in [6.45, 7) is 4.28. The number of esters is 1. The first kappa shape index (κ1) is 18.1. The zero-order valence-corrected chi connectivity index (χ0v) is 15.7. The molecule has 25 heavy (non-hydrogen) atoms. The number of hydrogen-bond acceptors (Lipinski definition) is 5. The molecular weight excluding hydrogens is 318 g/mol. The third-order valence-electron chi connectivity index (χ3n) is 5.98. The lowest BCUT2D eigenvalue weighted by atomic mass is 9.74. The van der Waals surface area contributed by atoms with E-state index in [-0.39, 0.29) is 12.0 Å². The van der Waals surface area contributed by atoms with Crippen molar-refractivity contribution in [3.05, 3.63) is 23.3 Å². The van der Waals surface area contributed by atoms with Crippen molar-refractivity contribution in [2.75, 3.05) is 34.4 Å². The number of rotatable bonds is 5. The van der Waals surface area contributed by atoms with Crippen LogP contribution in [0.1, 0.15) is 43.4 Å². The SMILES string of the molecule is CC[C@H]1CN2CCc3c(OC)ccc(OC)c3[C@@H]2C[C@@H]1CC(=O)OC. The van der Waals surface area contributed by atoms with Gasteiger partial charge in [0, 0.05) is 36.7 Å². The van der Waals surface area contributed by atoms with Gasteiger partial charge in [-0.25, -0.2) is 0 Å². The molecule has 2 heterocycles. The molecule has 3 atom stereocenters. The van der Waals surface area contributed by atoms with Gasteiger partial charge in [-0.2, -0.15) is 0 Å². The molecule has 0 N–H and O–H groups in total. The highest BCUT2D eigenvalue weighted by Crippen LogP contribution is 2.48. The number of methoxy groups -OCH3 is 3. The van der Waals surface area contributed by atoms with Gasteiger partial charge in [0.05, 0.1) is 21.3 Å². The van der Waals surface area contributed by atoms with Gasteiger partial charge in [0.1, 0.15) is 11.5 Å². The lowest BCUT2D eigenvalue weighted by Crippen LogP contribution is -2.46. The fourth-order valence-corrected chi connectivity index (χ4v) is 4.63. The second kappa shape index (κ2) is 7.65. The molecule has 0 aliphatic carbocycles. The first-order valence-electron chi connectivity index (χ1n) is 9.17. The average Bonchev–Trinajstić information content (AvgIpc) is 2.65. The van der Waals surface area contributed by atoms with E-state index in [1.54, 1.807) is 14.2 Å². The van der Waals surface area contributed by atoms with Crippen molar-refractivity contribution < 1.29 is 19.0 Å². The Labute approximate surface area is 150 Å². The van der Waals surface area contributed by atoms with Gasteiger partial charge in [0.25, 0.3) is 0 Å². The van der Waals surface area contributed by atoms with E-state index in [1.165, 1.54) is 18.2 Å². The predicted octanol–water partition coefficient (Wildman–Crippen LogP) is 3.21. The van der Waals surface area contributed by atoms with Crippen LogP contribution < -0.4 is 9.47 Å². The van der Waals surface area contributed by atoms with Gasteiger partial charge in [0.2, 0.25) is 0 Å². The molecule has 1 aromatic rings. The second-order valence-corrected chi connectivity index (χ2v) is 7.07. The Hall–Kier alpha value is -1.75. The molecule has 1 saturated heterocycles. The van der Waals surface area contributed by atoms with E-state index in [4.69, 9.17) is 14.2 Å². The summed E-state index contributed by atoms with van der Waals surface area (Å²) < 4.78 is 16.2. The minimum atomic E-state index is -0.106. The number of carbonyl (C=O) groups excluding carboxylic acids is 1. The molecule has 0 saturated carbocycles. The Morgan fingerprint density at radius 1 is 1.16 bits per heavy atom. The van der Waals surface area contributed by atoms with E-state index in [0.717, 1.165) is 43.9 Å². The number of nitrogens with zero attached hydrogens (tertiary/aromatic N) is 1. The minimum Gasteiger partial charge on any atom is -0.496 e.